The van der Waals surface area contributed by atoms with Gasteiger partial charge in [0.25, 0.3) is 0 Å². The van der Waals surface area contributed by atoms with E-state index in [-0.39, 0.29) is 11.9 Å². The van der Waals surface area contributed by atoms with Crippen LogP contribution in [0.4, 0.5) is 23.3 Å². The molecular formula is C26H36N8O3. The molecule has 37 heavy (non-hydrogen) atoms. The molecule has 0 radical (unpaired) electrons. The van der Waals surface area contributed by atoms with Crippen molar-refractivity contribution in [2.24, 2.45) is 0 Å². The number of carboxylic acids is 1. The van der Waals surface area contributed by atoms with Gasteiger partial charge in [0.05, 0.1) is 11.9 Å². The molecule has 11 nitrogen and oxygen atoms in total. The van der Waals surface area contributed by atoms with E-state index >= 15 is 0 Å². The minimum atomic E-state index is -0.787. The van der Waals surface area contributed by atoms with Gasteiger partial charge in [-0.15, -0.1) is 0 Å². The van der Waals surface area contributed by atoms with Gasteiger partial charge in [-0.05, 0) is 31.9 Å². The predicted molar refractivity (Wildman–Crippen MR) is 141 cm³/mol. The molecule has 2 aliphatic heterocycles. The van der Waals surface area contributed by atoms with Crippen LogP contribution in [0.1, 0.15) is 38.2 Å². The van der Waals surface area contributed by atoms with Crippen molar-refractivity contribution in [1.82, 2.24) is 24.8 Å². The topological polar surface area (TPSA) is 118 Å². The number of carbonyl (C=O) groups excluding carboxylic acids is 1. The van der Waals surface area contributed by atoms with Crippen LogP contribution in [-0.2, 0) is 16.0 Å². The highest BCUT2D eigenvalue weighted by molar-refractivity contribution is 5.87. The highest BCUT2D eigenvalue weighted by Crippen LogP contribution is 2.38. The van der Waals surface area contributed by atoms with E-state index in [4.69, 9.17) is 4.98 Å². The number of amides is 1. The third-order valence-electron chi connectivity index (χ3n) is 7.85. The van der Waals surface area contributed by atoms with Crippen LogP contribution in [0.25, 0.3) is 0 Å². The summed E-state index contributed by atoms with van der Waals surface area (Å²) in [6.07, 6.45) is 8.81. The zero-order chi connectivity index (χ0) is 26.1. The van der Waals surface area contributed by atoms with Crippen LogP contribution in [0.3, 0.4) is 0 Å². The lowest BCUT2D eigenvalue weighted by atomic mass is 10.1. The Balaban J connectivity index is 1.27. The minimum Gasteiger partial charge on any atom is -0.480 e. The first-order valence-corrected chi connectivity index (χ1v) is 13.1. The number of nitrogens with zero attached hydrogens (tertiary/aromatic N) is 7. The monoisotopic (exact) mass is 508 g/mol. The Kier molecular flexibility index (Phi) is 7.14. The Bertz CT molecular complexity index is 1130. The van der Waals surface area contributed by atoms with Crippen molar-refractivity contribution in [2.45, 2.75) is 57.2 Å². The molecule has 2 aromatic rings. The van der Waals surface area contributed by atoms with Crippen molar-refractivity contribution >= 4 is 35.1 Å². The number of hydrogen-bond donors (Lipinski definition) is 2. The van der Waals surface area contributed by atoms with Crippen LogP contribution >= 0.6 is 0 Å². The molecule has 1 amide bonds. The standard InChI is InChI=1S/C26H36N8O3/c1-17(25(36)37)32-10-12-33(13-11-32)20-8-9-22(27-16-20)29-26-28-15-18-14-21(24(35)31(2)3)34(23(18)30-26)19-6-4-5-7-19/h8-9,15-17,19,21H,4-7,10-14H2,1-3H3,(H,36,37)(H,27,28,29,30). The van der Waals surface area contributed by atoms with E-state index in [1.165, 1.54) is 12.8 Å². The third kappa shape index (κ3) is 5.18. The maximum absolute atomic E-state index is 13.0. The summed E-state index contributed by atoms with van der Waals surface area (Å²) in [5, 5.41) is 12.5. The van der Waals surface area contributed by atoms with E-state index in [0.29, 0.717) is 37.3 Å². The van der Waals surface area contributed by atoms with Crippen molar-refractivity contribution < 1.29 is 14.7 Å². The predicted octanol–water partition coefficient (Wildman–Crippen LogP) is 1.97. The lowest BCUT2D eigenvalue weighted by molar-refractivity contribution is -0.142. The number of fused-ring (bicyclic) bond motifs is 1. The summed E-state index contributed by atoms with van der Waals surface area (Å²) in [6.45, 7) is 4.64. The van der Waals surface area contributed by atoms with Gasteiger partial charge in [0, 0.05) is 64.5 Å². The van der Waals surface area contributed by atoms with Crippen molar-refractivity contribution in [3.63, 3.8) is 0 Å². The number of anilines is 4. The fourth-order valence-corrected chi connectivity index (χ4v) is 5.68. The number of rotatable bonds is 7. The van der Waals surface area contributed by atoms with E-state index < -0.39 is 12.0 Å². The van der Waals surface area contributed by atoms with E-state index in [9.17, 15) is 14.7 Å². The van der Waals surface area contributed by atoms with Crippen LogP contribution < -0.4 is 15.1 Å². The normalized spacial score (nSPS) is 21.1. The summed E-state index contributed by atoms with van der Waals surface area (Å²) in [7, 11) is 3.62. The second-order valence-corrected chi connectivity index (χ2v) is 10.4. The number of carbonyl (C=O) groups is 2. The number of pyridine rings is 1. The van der Waals surface area contributed by atoms with Crippen molar-refractivity contribution in [2.75, 3.05) is 55.4 Å². The van der Waals surface area contributed by atoms with E-state index in [1.54, 1.807) is 11.8 Å². The Hall–Kier alpha value is -3.47. The average molecular weight is 509 g/mol. The van der Waals surface area contributed by atoms with Gasteiger partial charge in [0.2, 0.25) is 11.9 Å². The summed E-state index contributed by atoms with van der Waals surface area (Å²) in [6, 6.07) is 3.55. The molecule has 1 saturated heterocycles. The molecular weight excluding hydrogens is 472 g/mol. The molecule has 0 bridgehead atoms. The molecule has 11 heteroatoms. The van der Waals surface area contributed by atoms with Gasteiger partial charge in [0.15, 0.2) is 0 Å². The van der Waals surface area contributed by atoms with Gasteiger partial charge >= 0.3 is 5.97 Å². The maximum atomic E-state index is 13.0. The quantitative estimate of drug-likeness (QED) is 0.575. The fourth-order valence-electron chi connectivity index (χ4n) is 5.68. The second-order valence-electron chi connectivity index (χ2n) is 10.4. The van der Waals surface area contributed by atoms with Crippen LogP contribution in [0, 0.1) is 0 Å². The first kappa shape index (κ1) is 25.2. The molecule has 2 fully saturated rings. The van der Waals surface area contributed by atoms with Gasteiger partial charge in [-0.1, -0.05) is 12.8 Å². The van der Waals surface area contributed by atoms with Crippen LogP contribution in [0.5, 0.6) is 0 Å². The second kappa shape index (κ2) is 10.5. The van der Waals surface area contributed by atoms with Crippen LogP contribution in [0.2, 0.25) is 0 Å². The summed E-state index contributed by atoms with van der Waals surface area (Å²) < 4.78 is 0. The minimum absolute atomic E-state index is 0.106. The summed E-state index contributed by atoms with van der Waals surface area (Å²) in [4.78, 5) is 46.3. The molecule has 5 rings (SSSR count). The lowest BCUT2D eigenvalue weighted by Gasteiger charge is -2.37. The molecule has 0 spiro atoms. The lowest BCUT2D eigenvalue weighted by Crippen LogP contribution is -2.51. The highest BCUT2D eigenvalue weighted by atomic mass is 16.4. The molecule has 4 heterocycles. The first-order valence-electron chi connectivity index (χ1n) is 13.1. The Morgan fingerprint density at radius 1 is 1.08 bits per heavy atom. The largest absolute Gasteiger partial charge is 0.480 e. The van der Waals surface area contributed by atoms with Gasteiger partial charge in [-0.25, -0.2) is 9.97 Å². The molecule has 0 aromatic carbocycles. The van der Waals surface area contributed by atoms with Gasteiger partial charge in [-0.2, -0.15) is 4.98 Å². The van der Waals surface area contributed by atoms with Gasteiger partial charge < -0.3 is 25.1 Å². The molecule has 2 aromatic heterocycles. The number of piperazine rings is 1. The van der Waals surface area contributed by atoms with Crippen molar-refractivity contribution in [3.05, 3.63) is 30.1 Å². The van der Waals surface area contributed by atoms with Gasteiger partial charge in [-0.3, -0.25) is 14.5 Å². The summed E-state index contributed by atoms with van der Waals surface area (Å²) in [5.41, 5.74) is 2.01. The van der Waals surface area contributed by atoms with Crippen LogP contribution in [0.15, 0.2) is 24.5 Å². The Morgan fingerprint density at radius 2 is 1.81 bits per heavy atom. The number of aromatic nitrogens is 3. The molecule has 198 valence electrons. The van der Waals surface area contributed by atoms with E-state index in [2.05, 4.69) is 25.1 Å². The number of likely N-dealkylation sites (N-methyl/N-ethyl adjacent to an activating group) is 1. The maximum Gasteiger partial charge on any atom is 0.320 e. The number of carboxylic acid groups (broad SMARTS) is 1. The SMILES string of the molecule is CC(C(=O)O)N1CCN(c2ccc(Nc3ncc4c(n3)N(C3CCCC3)C(C(=O)N(C)C)C4)nc2)CC1. The van der Waals surface area contributed by atoms with Gasteiger partial charge in [0.1, 0.15) is 23.7 Å². The van der Waals surface area contributed by atoms with E-state index in [1.807, 2.05) is 43.5 Å². The number of hydrogen-bond acceptors (Lipinski definition) is 9. The average Bonchev–Trinajstić information content (AvgIpc) is 3.56. The van der Waals surface area contributed by atoms with Crippen molar-refractivity contribution in [1.29, 1.82) is 0 Å². The highest BCUT2D eigenvalue weighted by Gasteiger charge is 2.41. The zero-order valence-corrected chi connectivity index (χ0v) is 21.8. The molecule has 1 saturated carbocycles. The summed E-state index contributed by atoms with van der Waals surface area (Å²) >= 11 is 0. The number of aliphatic carboxylic acids is 1. The zero-order valence-electron chi connectivity index (χ0n) is 21.8. The number of nitrogens with one attached hydrogen (secondary N) is 1. The Morgan fingerprint density at radius 3 is 2.43 bits per heavy atom. The molecule has 2 N–H and O–H groups in total. The fraction of sp³-hybridized carbons (Fsp3) is 0.577. The first-order chi connectivity index (χ1) is 17.8. The molecule has 2 atom stereocenters. The third-order valence-corrected chi connectivity index (χ3v) is 7.85. The molecule has 1 aliphatic carbocycles. The summed E-state index contributed by atoms with van der Waals surface area (Å²) in [5.74, 6) is 1.29. The Labute approximate surface area is 217 Å². The molecule has 2 unspecified atom stereocenters. The van der Waals surface area contributed by atoms with E-state index in [0.717, 1.165) is 43.0 Å². The molecule has 3 aliphatic rings. The smallest absolute Gasteiger partial charge is 0.320 e. The van der Waals surface area contributed by atoms with Crippen LogP contribution in [-0.4, -0.2) is 100 Å². The van der Waals surface area contributed by atoms with Crippen molar-refractivity contribution in [3.8, 4) is 0 Å².